The fourth-order valence-electron chi connectivity index (χ4n) is 1.35. The molecule has 1 aromatic carbocycles. The van der Waals surface area contributed by atoms with Crippen LogP contribution in [-0.4, -0.2) is 17.4 Å². The molecule has 3 nitrogen and oxygen atoms in total. The molecular formula is C12H13FO3. The number of rotatable bonds is 3. The normalized spacial score (nSPS) is 11.0. The largest absolute Gasteiger partial charge is 0.451 e. The molecule has 0 radical (unpaired) electrons. The first-order valence-electron chi connectivity index (χ1n) is 4.83. The predicted molar refractivity (Wildman–Crippen MR) is 56.6 cm³/mol. The fourth-order valence-corrected chi connectivity index (χ4v) is 1.35. The average Bonchev–Trinajstić information content (AvgIpc) is 2.16. The number of carbonyl (C=O) groups excluding carboxylic acids is 2. The molecule has 1 aromatic rings. The van der Waals surface area contributed by atoms with Crippen LogP contribution in [0.2, 0.25) is 0 Å². The maximum Gasteiger partial charge on any atom is 0.303 e. The van der Waals surface area contributed by atoms with Crippen LogP contribution < -0.4 is 0 Å². The summed E-state index contributed by atoms with van der Waals surface area (Å²) in [7, 11) is 0. The van der Waals surface area contributed by atoms with Gasteiger partial charge < -0.3 is 4.74 Å². The molecular weight excluding hydrogens is 211 g/mol. The van der Waals surface area contributed by atoms with Gasteiger partial charge in [-0.25, -0.2) is 4.39 Å². The van der Waals surface area contributed by atoms with Crippen molar-refractivity contribution >= 4 is 11.8 Å². The SMILES string of the molecule is CC(=O)OC(C)(C)C(=O)c1ccc(F)cc1. The van der Waals surface area contributed by atoms with Crippen LogP contribution in [0.5, 0.6) is 0 Å². The van der Waals surface area contributed by atoms with E-state index in [9.17, 15) is 14.0 Å². The minimum atomic E-state index is -1.23. The van der Waals surface area contributed by atoms with E-state index in [1.165, 1.54) is 45.0 Å². The zero-order valence-corrected chi connectivity index (χ0v) is 9.41. The average molecular weight is 224 g/mol. The van der Waals surface area contributed by atoms with Crippen molar-refractivity contribution in [3.8, 4) is 0 Å². The second-order valence-electron chi connectivity index (χ2n) is 3.94. The lowest BCUT2D eigenvalue weighted by Gasteiger charge is -2.22. The van der Waals surface area contributed by atoms with E-state index in [2.05, 4.69) is 0 Å². The zero-order chi connectivity index (χ0) is 12.3. The standard InChI is InChI=1S/C12H13FO3/c1-8(14)16-12(2,3)11(15)9-4-6-10(13)7-5-9/h4-7H,1-3H3. The summed E-state index contributed by atoms with van der Waals surface area (Å²) in [6.45, 7) is 4.24. The number of esters is 1. The van der Waals surface area contributed by atoms with Gasteiger partial charge in [0.05, 0.1) is 0 Å². The maximum atomic E-state index is 12.7. The summed E-state index contributed by atoms with van der Waals surface area (Å²) < 4.78 is 17.6. The zero-order valence-electron chi connectivity index (χ0n) is 9.41. The molecule has 0 aliphatic heterocycles. The second kappa shape index (κ2) is 4.43. The smallest absolute Gasteiger partial charge is 0.303 e. The van der Waals surface area contributed by atoms with Crippen molar-refractivity contribution < 1.29 is 18.7 Å². The third kappa shape index (κ3) is 2.89. The number of hydrogen-bond acceptors (Lipinski definition) is 3. The number of ether oxygens (including phenoxy) is 1. The number of Topliss-reactive ketones (excluding diaryl/α,β-unsaturated/α-hetero) is 1. The van der Waals surface area contributed by atoms with Gasteiger partial charge >= 0.3 is 5.97 Å². The summed E-state index contributed by atoms with van der Waals surface area (Å²) in [6.07, 6.45) is 0. The van der Waals surface area contributed by atoms with Crippen molar-refractivity contribution in [1.29, 1.82) is 0 Å². The first-order valence-corrected chi connectivity index (χ1v) is 4.83. The molecule has 0 heterocycles. The Hall–Kier alpha value is -1.71. The fraction of sp³-hybridized carbons (Fsp3) is 0.333. The van der Waals surface area contributed by atoms with Gasteiger partial charge in [0.1, 0.15) is 5.82 Å². The monoisotopic (exact) mass is 224 g/mol. The molecule has 0 saturated heterocycles. The number of carbonyl (C=O) groups is 2. The maximum absolute atomic E-state index is 12.7. The highest BCUT2D eigenvalue weighted by molar-refractivity contribution is 6.02. The van der Waals surface area contributed by atoms with Crippen LogP contribution in [0.25, 0.3) is 0 Å². The van der Waals surface area contributed by atoms with Crippen LogP contribution in [-0.2, 0) is 9.53 Å². The lowest BCUT2D eigenvalue weighted by atomic mass is 9.96. The molecule has 0 aliphatic carbocycles. The van der Waals surface area contributed by atoms with Crippen LogP contribution in [0.3, 0.4) is 0 Å². The Labute approximate surface area is 93.2 Å². The highest BCUT2D eigenvalue weighted by atomic mass is 19.1. The van der Waals surface area contributed by atoms with E-state index >= 15 is 0 Å². The molecule has 0 aliphatic rings. The molecule has 0 bridgehead atoms. The topological polar surface area (TPSA) is 43.4 Å². The number of hydrogen-bond donors (Lipinski definition) is 0. The van der Waals surface area contributed by atoms with Gasteiger partial charge in [-0.1, -0.05) is 0 Å². The van der Waals surface area contributed by atoms with Crippen molar-refractivity contribution in [3.05, 3.63) is 35.6 Å². The van der Waals surface area contributed by atoms with Gasteiger partial charge in [0.25, 0.3) is 0 Å². The van der Waals surface area contributed by atoms with Crippen molar-refractivity contribution in [2.75, 3.05) is 0 Å². The third-order valence-corrected chi connectivity index (χ3v) is 2.05. The number of benzene rings is 1. The van der Waals surface area contributed by atoms with E-state index in [1.807, 2.05) is 0 Å². The lowest BCUT2D eigenvalue weighted by molar-refractivity contribution is -0.149. The molecule has 86 valence electrons. The van der Waals surface area contributed by atoms with E-state index in [4.69, 9.17) is 4.74 Å². The first kappa shape index (κ1) is 12.4. The minimum Gasteiger partial charge on any atom is -0.451 e. The van der Waals surface area contributed by atoms with Crippen LogP contribution in [0.1, 0.15) is 31.1 Å². The van der Waals surface area contributed by atoms with Gasteiger partial charge in [-0.3, -0.25) is 9.59 Å². The first-order chi connectivity index (χ1) is 7.33. The molecule has 0 atom stereocenters. The van der Waals surface area contributed by atoms with Crippen molar-refractivity contribution in [3.63, 3.8) is 0 Å². The van der Waals surface area contributed by atoms with E-state index in [1.54, 1.807) is 0 Å². The van der Waals surface area contributed by atoms with Crippen LogP contribution in [0.15, 0.2) is 24.3 Å². The molecule has 0 aromatic heterocycles. The molecule has 0 amide bonds. The predicted octanol–water partition coefficient (Wildman–Crippen LogP) is 2.35. The van der Waals surface area contributed by atoms with Crippen molar-refractivity contribution in [2.45, 2.75) is 26.4 Å². The molecule has 16 heavy (non-hydrogen) atoms. The quantitative estimate of drug-likeness (QED) is 0.584. The van der Waals surface area contributed by atoms with Gasteiger partial charge in [0.15, 0.2) is 5.60 Å². The summed E-state index contributed by atoms with van der Waals surface area (Å²) >= 11 is 0. The Bertz CT molecular complexity index is 407. The Kier molecular flexibility index (Phi) is 3.42. The molecule has 0 spiro atoms. The van der Waals surface area contributed by atoms with E-state index < -0.39 is 17.4 Å². The molecule has 0 fully saturated rings. The number of halogens is 1. The summed E-state index contributed by atoms with van der Waals surface area (Å²) in [4.78, 5) is 22.7. The van der Waals surface area contributed by atoms with E-state index in [0.29, 0.717) is 5.56 Å². The van der Waals surface area contributed by atoms with E-state index in [0.717, 1.165) is 0 Å². The molecule has 0 unspecified atom stereocenters. The van der Waals surface area contributed by atoms with Crippen molar-refractivity contribution in [1.82, 2.24) is 0 Å². The van der Waals surface area contributed by atoms with Crippen LogP contribution in [0, 0.1) is 5.82 Å². The minimum absolute atomic E-state index is 0.313. The van der Waals surface area contributed by atoms with Crippen LogP contribution >= 0.6 is 0 Å². The van der Waals surface area contributed by atoms with Gasteiger partial charge in [-0.2, -0.15) is 0 Å². The highest BCUT2D eigenvalue weighted by Gasteiger charge is 2.31. The van der Waals surface area contributed by atoms with Gasteiger partial charge in [0.2, 0.25) is 5.78 Å². The Morgan fingerprint density at radius 2 is 1.69 bits per heavy atom. The summed E-state index contributed by atoms with van der Waals surface area (Å²) in [6, 6.07) is 5.11. The third-order valence-electron chi connectivity index (χ3n) is 2.05. The lowest BCUT2D eigenvalue weighted by Crippen LogP contribution is -2.36. The van der Waals surface area contributed by atoms with Crippen molar-refractivity contribution in [2.24, 2.45) is 0 Å². The molecule has 0 saturated carbocycles. The molecule has 4 heteroatoms. The highest BCUT2D eigenvalue weighted by Crippen LogP contribution is 2.17. The second-order valence-corrected chi connectivity index (χ2v) is 3.94. The van der Waals surface area contributed by atoms with Gasteiger partial charge in [-0.15, -0.1) is 0 Å². The van der Waals surface area contributed by atoms with Gasteiger partial charge in [0, 0.05) is 12.5 Å². The van der Waals surface area contributed by atoms with Crippen LogP contribution in [0.4, 0.5) is 4.39 Å². The molecule has 0 N–H and O–H groups in total. The van der Waals surface area contributed by atoms with E-state index in [-0.39, 0.29) is 5.78 Å². The Morgan fingerprint density at radius 3 is 2.12 bits per heavy atom. The summed E-state index contributed by atoms with van der Waals surface area (Å²) in [5.41, 5.74) is -0.920. The molecule has 1 rings (SSSR count). The number of ketones is 1. The Morgan fingerprint density at radius 1 is 1.19 bits per heavy atom. The summed E-state index contributed by atoms with van der Waals surface area (Å²) in [5.74, 6) is -1.30. The summed E-state index contributed by atoms with van der Waals surface area (Å²) in [5, 5.41) is 0. The van der Waals surface area contributed by atoms with Gasteiger partial charge in [-0.05, 0) is 38.1 Å². The Balaban J connectivity index is 2.93.